The molecule has 2 heterocycles. The van der Waals surface area contributed by atoms with Gasteiger partial charge in [-0.05, 0) is 44.8 Å². The van der Waals surface area contributed by atoms with Gasteiger partial charge in [0.1, 0.15) is 0 Å². The van der Waals surface area contributed by atoms with Gasteiger partial charge in [0.25, 0.3) is 0 Å². The lowest BCUT2D eigenvalue weighted by Gasteiger charge is -2.31. The van der Waals surface area contributed by atoms with Crippen molar-refractivity contribution in [2.75, 3.05) is 32.1 Å². The Balaban J connectivity index is 1.47. The standard InChI is InChI=1S/C18H24N4O3S/c1-13-20-16(12-26-13)11-21-7-5-14(6-8-21)10-19-15-3-4-17(22(23)24)18(9-15)25-2/h3-4,9,12,14,19H,5-8,10-11H2,1-2H3. The molecule has 1 aliphatic heterocycles. The highest BCUT2D eigenvalue weighted by atomic mass is 32.1. The lowest BCUT2D eigenvalue weighted by molar-refractivity contribution is -0.385. The lowest BCUT2D eigenvalue weighted by atomic mass is 9.96. The Morgan fingerprint density at radius 1 is 1.42 bits per heavy atom. The molecule has 0 atom stereocenters. The molecule has 1 aromatic carbocycles. The number of nitro groups is 1. The van der Waals surface area contributed by atoms with Crippen LogP contribution in [0.25, 0.3) is 0 Å². The van der Waals surface area contributed by atoms with Gasteiger partial charge in [0, 0.05) is 36.3 Å². The highest BCUT2D eigenvalue weighted by molar-refractivity contribution is 7.09. The molecule has 26 heavy (non-hydrogen) atoms. The van der Waals surface area contributed by atoms with Crippen LogP contribution in [0.15, 0.2) is 23.6 Å². The first-order valence-electron chi connectivity index (χ1n) is 8.75. The monoisotopic (exact) mass is 376 g/mol. The van der Waals surface area contributed by atoms with E-state index in [0.29, 0.717) is 5.92 Å². The van der Waals surface area contributed by atoms with Crippen molar-refractivity contribution in [1.82, 2.24) is 9.88 Å². The third-order valence-corrected chi connectivity index (χ3v) is 5.55. The van der Waals surface area contributed by atoms with Crippen molar-refractivity contribution < 1.29 is 9.66 Å². The number of anilines is 1. The third kappa shape index (κ3) is 4.70. The van der Waals surface area contributed by atoms with E-state index in [-0.39, 0.29) is 11.4 Å². The summed E-state index contributed by atoms with van der Waals surface area (Å²) in [6, 6.07) is 4.91. The molecule has 1 saturated heterocycles. The zero-order valence-electron chi connectivity index (χ0n) is 15.1. The summed E-state index contributed by atoms with van der Waals surface area (Å²) >= 11 is 1.70. The van der Waals surface area contributed by atoms with E-state index < -0.39 is 4.92 Å². The fourth-order valence-corrected chi connectivity index (χ4v) is 3.86. The molecule has 8 heteroatoms. The topological polar surface area (TPSA) is 80.5 Å². The first-order chi connectivity index (χ1) is 12.5. The van der Waals surface area contributed by atoms with E-state index in [2.05, 4.69) is 20.6 Å². The van der Waals surface area contributed by atoms with Gasteiger partial charge in [-0.3, -0.25) is 15.0 Å². The summed E-state index contributed by atoms with van der Waals surface area (Å²) in [6.07, 6.45) is 2.28. The maximum Gasteiger partial charge on any atom is 0.311 e. The molecule has 140 valence electrons. The number of aromatic nitrogens is 1. The molecule has 0 spiro atoms. The summed E-state index contributed by atoms with van der Waals surface area (Å²) in [5, 5.41) is 17.6. The van der Waals surface area contributed by atoms with Gasteiger partial charge in [-0.15, -0.1) is 11.3 Å². The Labute approximate surface area is 157 Å². The number of piperidine rings is 1. The Morgan fingerprint density at radius 2 is 2.19 bits per heavy atom. The van der Waals surface area contributed by atoms with Crippen LogP contribution in [0.1, 0.15) is 23.5 Å². The molecule has 0 aliphatic carbocycles. The molecule has 3 rings (SSSR count). The number of nitrogens with zero attached hydrogens (tertiary/aromatic N) is 3. The van der Waals surface area contributed by atoms with Crippen molar-refractivity contribution in [2.24, 2.45) is 5.92 Å². The first kappa shape index (κ1) is 18.6. The largest absolute Gasteiger partial charge is 0.490 e. The van der Waals surface area contributed by atoms with Crippen molar-refractivity contribution in [3.05, 3.63) is 44.4 Å². The maximum atomic E-state index is 11.0. The Hall–Kier alpha value is -2.19. The predicted octanol–water partition coefficient (Wildman–Crippen LogP) is 3.69. The van der Waals surface area contributed by atoms with Gasteiger partial charge in [-0.2, -0.15) is 0 Å². The number of ether oxygens (including phenoxy) is 1. The molecule has 0 bridgehead atoms. The van der Waals surface area contributed by atoms with E-state index in [4.69, 9.17) is 4.74 Å². The average molecular weight is 376 g/mol. The number of nitrogens with one attached hydrogen (secondary N) is 1. The molecule has 0 saturated carbocycles. The molecule has 1 fully saturated rings. The molecule has 0 unspecified atom stereocenters. The highest BCUT2D eigenvalue weighted by Crippen LogP contribution is 2.30. The summed E-state index contributed by atoms with van der Waals surface area (Å²) in [4.78, 5) is 17.5. The summed E-state index contributed by atoms with van der Waals surface area (Å²) in [6.45, 7) is 5.99. The molecule has 0 amide bonds. The van der Waals surface area contributed by atoms with Crippen LogP contribution in [-0.4, -0.2) is 41.6 Å². The van der Waals surface area contributed by atoms with Gasteiger partial charge >= 0.3 is 5.69 Å². The van der Waals surface area contributed by atoms with Crippen molar-refractivity contribution >= 4 is 22.7 Å². The van der Waals surface area contributed by atoms with Crippen LogP contribution in [-0.2, 0) is 6.54 Å². The van der Waals surface area contributed by atoms with Gasteiger partial charge in [-0.1, -0.05) is 0 Å². The SMILES string of the molecule is COc1cc(NCC2CCN(Cc3csc(C)n3)CC2)ccc1[N+](=O)[O-]. The van der Waals surface area contributed by atoms with Gasteiger partial charge < -0.3 is 10.1 Å². The quantitative estimate of drug-likeness (QED) is 0.586. The highest BCUT2D eigenvalue weighted by Gasteiger charge is 2.20. The van der Waals surface area contributed by atoms with Crippen LogP contribution < -0.4 is 10.1 Å². The van der Waals surface area contributed by atoms with E-state index in [1.165, 1.54) is 18.9 Å². The number of nitro benzene ring substituents is 1. The molecule has 2 aromatic rings. The Morgan fingerprint density at radius 3 is 2.81 bits per heavy atom. The smallest absolute Gasteiger partial charge is 0.311 e. The van der Waals surface area contributed by atoms with Gasteiger partial charge in [0.15, 0.2) is 5.75 Å². The van der Waals surface area contributed by atoms with E-state index in [9.17, 15) is 10.1 Å². The van der Waals surface area contributed by atoms with Crippen LogP contribution >= 0.6 is 11.3 Å². The van der Waals surface area contributed by atoms with Crippen molar-refractivity contribution in [1.29, 1.82) is 0 Å². The number of rotatable bonds is 7. The van der Waals surface area contributed by atoms with Crippen molar-refractivity contribution in [3.63, 3.8) is 0 Å². The fourth-order valence-electron chi connectivity index (χ4n) is 3.26. The predicted molar refractivity (Wildman–Crippen MR) is 103 cm³/mol. The summed E-state index contributed by atoms with van der Waals surface area (Å²) in [5.74, 6) is 0.887. The molecule has 1 aliphatic rings. The van der Waals surface area contributed by atoms with Crippen LogP contribution in [0.2, 0.25) is 0 Å². The number of hydrogen-bond acceptors (Lipinski definition) is 7. The van der Waals surface area contributed by atoms with Crippen LogP contribution in [0.4, 0.5) is 11.4 Å². The number of benzene rings is 1. The minimum absolute atomic E-state index is 0.0105. The normalized spacial score (nSPS) is 15.8. The Bertz CT molecular complexity index is 757. The minimum Gasteiger partial charge on any atom is -0.490 e. The van der Waals surface area contributed by atoms with Crippen LogP contribution in [0, 0.1) is 23.0 Å². The average Bonchev–Trinajstić information content (AvgIpc) is 3.05. The van der Waals surface area contributed by atoms with Gasteiger partial charge in [0.2, 0.25) is 0 Å². The summed E-state index contributed by atoms with van der Waals surface area (Å²) in [7, 11) is 1.45. The van der Waals surface area contributed by atoms with Crippen molar-refractivity contribution in [3.8, 4) is 5.75 Å². The van der Waals surface area contributed by atoms with Crippen LogP contribution in [0.3, 0.4) is 0 Å². The molecular formula is C18H24N4O3S. The van der Waals surface area contributed by atoms with Crippen LogP contribution in [0.5, 0.6) is 5.75 Å². The second kappa shape index (κ2) is 8.46. The number of thiazole rings is 1. The van der Waals surface area contributed by atoms with Gasteiger partial charge in [-0.25, -0.2) is 4.98 Å². The second-order valence-corrected chi connectivity index (χ2v) is 7.66. The lowest BCUT2D eigenvalue weighted by Crippen LogP contribution is -2.35. The Kier molecular flexibility index (Phi) is 6.05. The molecule has 7 nitrogen and oxygen atoms in total. The fraction of sp³-hybridized carbons (Fsp3) is 0.500. The molecule has 1 aromatic heterocycles. The first-order valence-corrected chi connectivity index (χ1v) is 9.63. The summed E-state index contributed by atoms with van der Waals surface area (Å²) < 4.78 is 5.12. The minimum atomic E-state index is -0.428. The number of likely N-dealkylation sites (tertiary alicyclic amines) is 1. The number of aryl methyl sites for hydroxylation is 1. The summed E-state index contributed by atoms with van der Waals surface area (Å²) in [5.41, 5.74) is 2.01. The maximum absolute atomic E-state index is 11.0. The molecular weight excluding hydrogens is 352 g/mol. The van der Waals surface area contributed by atoms with E-state index in [1.807, 2.05) is 6.92 Å². The number of hydrogen-bond donors (Lipinski definition) is 1. The zero-order chi connectivity index (χ0) is 18.5. The number of methoxy groups -OCH3 is 1. The van der Waals surface area contributed by atoms with E-state index in [1.54, 1.807) is 23.5 Å². The third-order valence-electron chi connectivity index (χ3n) is 4.73. The van der Waals surface area contributed by atoms with E-state index in [0.717, 1.165) is 49.7 Å². The van der Waals surface area contributed by atoms with Crippen molar-refractivity contribution in [2.45, 2.75) is 26.3 Å². The molecule has 1 N–H and O–H groups in total. The van der Waals surface area contributed by atoms with Gasteiger partial charge in [0.05, 0.1) is 22.7 Å². The second-order valence-electron chi connectivity index (χ2n) is 6.60. The van der Waals surface area contributed by atoms with E-state index >= 15 is 0 Å². The zero-order valence-corrected chi connectivity index (χ0v) is 15.9. The molecule has 0 radical (unpaired) electrons.